The third-order valence-corrected chi connectivity index (χ3v) is 4.11. The van der Waals surface area contributed by atoms with Crippen LogP contribution in [0.2, 0.25) is 0 Å². The lowest BCUT2D eigenvalue weighted by Gasteiger charge is -2.22. The summed E-state index contributed by atoms with van der Waals surface area (Å²) >= 11 is 0. The molecule has 0 bridgehead atoms. The highest BCUT2D eigenvalue weighted by molar-refractivity contribution is 7.92. The second-order valence-electron chi connectivity index (χ2n) is 4.29. The van der Waals surface area contributed by atoms with Crippen LogP contribution in [0.3, 0.4) is 0 Å². The molecule has 0 spiro atoms. The van der Waals surface area contributed by atoms with Crippen molar-refractivity contribution in [3.63, 3.8) is 0 Å². The SMILES string of the molecule is CN(c1c(N)cccc1C1CC1)S(C)(=O)=O. The molecule has 0 heterocycles. The van der Waals surface area contributed by atoms with Gasteiger partial charge >= 0.3 is 0 Å². The first kappa shape index (κ1) is 11.3. The van der Waals surface area contributed by atoms with Crippen molar-refractivity contribution in [3.05, 3.63) is 23.8 Å². The summed E-state index contributed by atoms with van der Waals surface area (Å²) in [5.74, 6) is 0.475. The molecule has 0 radical (unpaired) electrons. The molecular weight excluding hydrogens is 224 g/mol. The molecule has 0 amide bonds. The molecule has 1 saturated carbocycles. The summed E-state index contributed by atoms with van der Waals surface area (Å²) in [6.07, 6.45) is 3.43. The fourth-order valence-electron chi connectivity index (χ4n) is 1.83. The molecule has 2 N–H and O–H groups in total. The Morgan fingerprint density at radius 2 is 2.00 bits per heavy atom. The van der Waals surface area contributed by atoms with Crippen LogP contribution >= 0.6 is 0 Å². The van der Waals surface area contributed by atoms with Gasteiger partial charge in [-0.05, 0) is 30.4 Å². The van der Waals surface area contributed by atoms with E-state index in [1.807, 2.05) is 12.1 Å². The van der Waals surface area contributed by atoms with Crippen molar-refractivity contribution in [1.82, 2.24) is 0 Å². The quantitative estimate of drug-likeness (QED) is 0.815. The standard InChI is InChI=1S/C11H16N2O2S/c1-13(16(2,14)15)11-9(8-6-7-8)4-3-5-10(11)12/h3-5,8H,6-7,12H2,1-2H3. The average molecular weight is 240 g/mol. The molecule has 1 aromatic rings. The molecule has 5 heteroatoms. The number of nitrogens with zero attached hydrogens (tertiary/aromatic N) is 1. The van der Waals surface area contributed by atoms with Gasteiger partial charge in [0.1, 0.15) is 0 Å². The normalized spacial score (nSPS) is 16.1. The number of hydrogen-bond donors (Lipinski definition) is 1. The number of sulfonamides is 1. The summed E-state index contributed by atoms with van der Waals surface area (Å²) in [4.78, 5) is 0. The van der Waals surface area contributed by atoms with Crippen molar-refractivity contribution < 1.29 is 8.42 Å². The van der Waals surface area contributed by atoms with Crippen LogP contribution in [0.15, 0.2) is 18.2 Å². The highest BCUT2D eigenvalue weighted by Crippen LogP contribution is 2.46. The van der Waals surface area contributed by atoms with Crippen molar-refractivity contribution in [2.75, 3.05) is 23.3 Å². The van der Waals surface area contributed by atoms with Gasteiger partial charge in [-0.3, -0.25) is 4.31 Å². The first-order chi connectivity index (χ1) is 7.41. The monoisotopic (exact) mass is 240 g/mol. The zero-order valence-corrected chi connectivity index (χ0v) is 10.3. The molecule has 0 saturated heterocycles. The van der Waals surface area contributed by atoms with Crippen molar-refractivity contribution in [2.24, 2.45) is 0 Å². The Morgan fingerprint density at radius 1 is 1.38 bits per heavy atom. The van der Waals surface area contributed by atoms with Gasteiger partial charge in [-0.1, -0.05) is 12.1 Å². The summed E-state index contributed by atoms with van der Waals surface area (Å²) in [6.45, 7) is 0. The van der Waals surface area contributed by atoms with Gasteiger partial charge in [0.05, 0.1) is 17.6 Å². The van der Waals surface area contributed by atoms with E-state index in [1.165, 1.54) is 10.6 Å². The Kier molecular flexibility index (Phi) is 2.58. The van der Waals surface area contributed by atoms with E-state index in [1.54, 1.807) is 13.1 Å². The molecule has 1 aliphatic carbocycles. The largest absolute Gasteiger partial charge is 0.397 e. The molecule has 0 unspecified atom stereocenters. The van der Waals surface area contributed by atoms with Gasteiger partial charge < -0.3 is 5.73 Å². The maximum atomic E-state index is 11.5. The average Bonchev–Trinajstić information content (AvgIpc) is 2.98. The van der Waals surface area contributed by atoms with Gasteiger partial charge in [0.2, 0.25) is 10.0 Å². The number of nitrogens with two attached hydrogens (primary N) is 1. The highest BCUT2D eigenvalue weighted by Gasteiger charge is 2.29. The van der Waals surface area contributed by atoms with E-state index in [0.29, 0.717) is 17.3 Å². The van der Waals surface area contributed by atoms with Crippen LogP contribution in [-0.4, -0.2) is 21.7 Å². The zero-order valence-electron chi connectivity index (χ0n) is 9.47. The van der Waals surface area contributed by atoms with Crippen molar-refractivity contribution in [1.29, 1.82) is 0 Å². The topological polar surface area (TPSA) is 63.4 Å². The second kappa shape index (κ2) is 3.66. The van der Waals surface area contributed by atoms with E-state index in [4.69, 9.17) is 5.73 Å². The van der Waals surface area contributed by atoms with Crippen LogP contribution in [0.1, 0.15) is 24.3 Å². The summed E-state index contributed by atoms with van der Waals surface area (Å²) in [6, 6.07) is 5.58. The summed E-state index contributed by atoms with van der Waals surface area (Å²) in [5.41, 5.74) is 8.10. The minimum Gasteiger partial charge on any atom is -0.397 e. The third-order valence-electron chi connectivity index (χ3n) is 2.93. The van der Waals surface area contributed by atoms with Crippen LogP contribution in [0.5, 0.6) is 0 Å². The first-order valence-electron chi connectivity index (χ1n) is 5.23. The van der Waals surface area contributed by atoms with Crippen LogP contribution < -0.4 is 10.0 Å². The minimum atomic E-state index is -3.25. The fraction of sp³-hybridized carbons (Fsp3) is 0.455. The Hall–Kier alpha value is -1.23. The van der Waals surface area contributed by atoms with E-state index < -0.39 is 10.0 Å². The number of rotatable bonds is 3. The van der Waals surface area contributed by atoms with E-state index in [0.717, 1.165) is 18.4 Å². The molecule has 16 heavy (non-hydrogen) atoms. The van der Waals surface area contributed by atoms with Crippen LogP contribution in [0, 0.1) is 0 Å². The minimum absolute atomic E-state index is 0.475. The lowest BCUT2D eigenvalue weighted by Crippen LogP contribution is -2.26. The first-order valence-corrected chi connectivity index (χ1v) is 7.08. The Morgan fingerprint density at radius 3 is 2.50 bits per heavy atom. The van der Waals surface area contributed by atoms with E-state index in [2.05, 4.69) is 0 Å². The molecule has 1 fully saturated rings. The van der Waals surface area contributed by atoms with Crippen molar-refractivity contribution in [2.45, 2.75) is 18.8 Å². The summed E-state index contributed by atoms with van der Waals surface area (Å²) in [7, 11) is -1.70. The van der Waals surface area contributed by atoms with Crippen LogP contribution in [0.4, 0.5) is 11.4 Å². The zero-order chi connectivity index (χ0) is 11.9. The van der Waals surface area contributed by atoms with Crippen LogP contribution in [-0.2, 0) is 10.0 Å². The Balaban J connectivity index is 2.53. The molecule has 1 aromatic carbocycles. The molecule has 2 rings (SSSR count). The number of hydrogen-bond acceptors (Lipinski definition) is 3. The highest BCUT2D eigenvalue weighted by atomic mass is 32.2. The van der Waals surface area contributed by atoms with Gasteiger partial charge in [-0.2, -0.15) is 0 Å². The van der Waals surface area contributed by atoms with Gasteiger partial charge in [-0.25, -0.2) is 8.42 Å². The Bertz CT molecular complexity index is 507. The predicted octanol–water partition coefficient (Wildman–Crippen LogP) is 1.54. The number of anilines is 2. The maximum absolute atomic E-state index is 11.5. The van der Waals surface area contributed by atoms with Gasteiger partial charge in [0.15, 0.2) is 0 Å². The molecule has 4 nitrogen and oxygen atoms in total. The van der Waals surface area contributed by atoms with Gasteiger partial charge in [0, 0.05) is 7.05 Å². The summed E-state index contributed by atoms with van der Waals surface area (Å²) in [5, 5.41) is 0. The van der Waals surface area contributed by atoms with Gasteiger partial charge in [0.25, 0.3) is 0 Å². The molecule has 0 atom stereocenters. The maximum Gasteiger partial charge on any atom is 0.232 e. The van der Waals surface area contributed by atoms with E-state index >= 15 is 0 Å². The number of benzene rings is 1. The Labute approximate surface area is 96.1 Å². The summed E-state index contributed by atoms with van der Waals surface area (Å²) < 4.78 is 24.4. The lowest BCUT2D eigenvalue weighted by molar-refractivity contribution is 0.600. The fourth-order valence-corrected chi connectivity index (χ4v) is 2.38. The van der Waals surface area contributed by atoms with Gasteiger partial charge in [-0.15, -0.1) is 0 Å². The van der Waals surface area contributed by atoms with E-state index in [-0.39, 0.29) is 0 Å². The predicted molar refractivity (Wildman–Crippen MR) is 66.1 cm³/mol. The molecule has 0 aromatic heterocycles. The molecule has 88 valence electrons. The molecule has 0 aliphatic heterocycles. The van der Waals surface area contributed by atoms with Crippen molar-refractivity contribution >= 4 is 21.4 Å². The van der Waals surface area contributed by atoms with Crippen LogP contribution in [0.25, 0.3) is 0 Å². The third kappa shape index (κ3) is 2.00. The smallest absolute Gasteiger partial charge is 0.232 e. The number of para-hydroxylation sites is 1. The second-order valence-corrected chi connectivity index (χ2v) is 6.30. The molecule has 1 aliphatic rings. The van der Waals surface area contributed by atoms with E-state index in [9.17, 15) is 8.42 Å². The molecular formula is C11H16N2O2S. The number of nitrogen functional groups attached to an aromatic ring is 1. The van der Waals surface area contributed by atoms with Crippen molar-refractivity contribution in [3.8, 4) is 0 Å². The lowest BCUT2D eigenvalue weighted by atomic mass is 10.1.